The van der Waals surface area contributed by atoms with Gasteiger partial charge in [0.2, 0.25) is 0 Å². The molecule has 21 heavy (non-hydrogen) atoms. The highest BCUT2D eigenvalue weighted by Gasteiger charge is 2.15. The lowest BCUT2D eigenvalue weighted by molar-refractivity contribution is 0.415. The van der Waals surface area contributed by atoms with Crippen molar-refractivity contribution in [1.29, 1.82) is 0 Å². The van der Waals surface area contributed by atoms with Crippen LogP contribution in [-0.4, -0.2) is 13.7 Å². The van der Waals surface area contributed by atoms with Gasteiger partial charge < -0.3 is 10.1 Å². The first kappa shape index (κ1) is 16.5. The normalized spacial score (nSPS) is 12.4. The zero-order valence-electron chi connectivity index (χ0n) is 12.2. The molecule has 0 saturated heterocycles. The van der Waals surface area contributed by atoms with Crippen LogP contribution < -0.4 is 10.1 Å². The smallest absolute Gasteiger partial charge is 0.129 e. The minimum atomic E-state index is -0.211. The fourth-order valence-corrected chi connectivity index (χ4v) is 3.62. The van der Waals surface area contributed by atoms with Crippen LogP contribution in [0.25, 0.3) is 0 Å². The maximum absolute atomic E-state index is 13.5. The molecule has 0 aliphatic carbocycles. The Morgan fingerprint density at radius 2 is 2.14 bits per heavy atom. The van der Waals surface area contributed by atoms with Crippen LogP contribution in [0.4, 0.5) is 4.39 Å². The van der Waals surface area contributed by atoms with E-state index in [4.69, 9.17) is 4.74 Å². The SMILES string of the molecule is CCCNC(Cc1cc(F)cc(Br)c1)c1cc(OC)cs1. The average molecular weight is 372 g/mol. The summed E-state index contributed by atoms with van der Waals surface area (Å²) in [5.74, 6) is 0.663. The van der Waals surface area contributed by atoms with Crippen LogP contribution >= 0.6 is 27.3 Å². The van der Waals surface area contributed by atoms with Gasteiger partial charge in [-0.05, 0) is 49.2 Å². The van der Waals surface area contributed by atoms with E-state index in [0.29, 0.717) is 0 Å². The van der Waals surface area contributed by atoms with Gasteiger partial charge in [-0.1, -0.05) is 22.9 Å². The van der Waals surface area contributed by atoms with Crippen molar-refractivity contribution in [3.63, 3.8) is 0 Å². The first-order valence-electron chi connectivity index (χ1n) is 6.93. The van der Waals surface area contributed by atoms with Gasteiger partial charge >= 0.3 is 0 Å². The molecule has 0 aliphatic rings. The van der Waals surface area contributed by atoms with E-state index >= 15 is 0 Å². The number of hydrogen-bond donors (Lipinski definition) is 1. The third-order valence-corrected chi connectivity index (χ3v) is 4.66. The Kier molecular flexibility index (Phi) is 6.21. The summed E-state index contributed by atoms with van der Waals surface area (Å²) in [5, 5.41) is 5.53. The number of hydrogen-bond acceptors (Lipinski definition) is 3. The Labute approximate surface area is 137 Å². The van der Waals surface area contributed by atoms with E-state index in [1.807, 2.05) is 17.5 Å². The molecule has 0 fully saturated rings. The number of halogens is 2. The zero-order valence-corrected chi connectivity index (χ0v) is 14.6. The molecule has 0 saturated carbocycles. The highest BCUT2D eigenvalue weighted by atomic mass is 79.9. The predicted molar refractivity (Wildman–Crippen MR) is 89.7 cm³/mol. The fourth-order valence-electron chi connectivity index (χ4n) is 2.18. The summed E-state index contributed by atoms with van der Waals surface area (Å²) in [6, 6.07) is 7.26. The van der Waals surface area contributed by atoms with Crippen LogP contribution in [0.5, 0.6) is 5.75 Å². The summed E-state index contributed by atoms with van der Waals surface area (Å²) >= 11 is 5.02. The molecule has 2 aromatic rings. The van der Waals surface area contributed by atoms with Crippen LogP contribution in [-0.2, 0) is 6.42 Å². The number of ether oxygens (including phenoxy) is 1. The summed E-state index contributed by atoms with van der Waals surface area (Å²) in [6.07, 6.45) is 1.81. The maximum Gasteiger partial charge on any atom is 0.129 e. The monoisotopic (exact) mass is 371 g/mol. The van der Waals surface area contributed by atoms with Gasteiger partial charge in [-0.25, -0.2) is 4.39 Å². The molecule has 1 atom stereocenters. The van der Waals surface area contributed by atoms with Gasteiger partial charge in [-0.3, -0.25) is 0 Å². The second kappa shape index (κ2) is 7.92. The minimum Gasteiger partial charge on any atom is -0.496 e. The summed E-state index contributed by atoms with van der Waals surface area (Å²) in [5.41, 5.74) is 0.975. The van der Waals surface area contributed by atoms with Gasteiger partial charge in [0.05, 0.1) is 7.11 Å². The van der Waals surface area contributed by atoms with Crippen molar-refractivity contribution in [3.8, 4) is 5.75 Å². The van der Waals surface area contributed by atoms with Gasteiger partial charge in [0.1, 0.15) is 11.6 Å². The Bertz CT molecular complexity index is 567. The van der Waals surface area contributed by atoms with Crippen molar-refractivity contribution in [2.45, 2.75) is 25.8 Å². The third-order valence-electron chi connectivity index (χ3n) is 3.18. The highest BCUT2D eigenvalue weighted by molar-refractivity contribution is 9.10. The Balaban J connectivity index is 2.19. The maximum atomic E-state index is 13.5. The summed E-state index contributed by atoms with van der Waals surface area (Å²) < 4.78 is 19.6. The van der Waals surface area contributed by atoms with E-state index in [0.717, 1.165) is 35.2 Å². The van der Waals surface area contributed by atoms with Crippen LogP contribution in [0.1, 0.15) is 29.8 Å². The number of thiophene rings is 1. The zero-order chi connectivity index (χ0) is 15.2. The van der Waals surface area contributed by atoms with Crippen molar-refractivity contribution in [1.82, 2.24) is 5.32 Å². The third kappa shape index (κ3) is 4.80. The van der Waals surface area contributed by atoms with Crippen molar-refractivity contribution >= 4 is 27.3 Å². The molecule has 0 amide bonds. The molecule has 1 aromatic carbocycles. The summed E-state index contributed by atoms with van der Waals surface area (Å²) in [6.45, 7) is 3.07. The van der Waals surface area contributed by atoms with E-state index in [1.54, 1.807) is 24.5 Å². The number of methoxy groups -OCH3 is 1. The summed E-state index contributed by atoms with van der Waals surface area (Å²) in [7, 11) is 1.67. The van der Waals surface area contributed by atoms with Gasteiger partial charge in [-0.15, -0.1) is 11.3 Å². The average Bonchev–Trinajstić information content (AvgIpc) is 2.91. The standard InChI is InChI=1S/C16H19BrFNOS/c1-3-4-19-15(16-9-14(20-2)10-21-16)7-11-5-12(17)8-13(18)6-11/h5-6,8-10,15,19H,3-4,7H2,1-2H3. The van der Waals surface area contributed by atoms with Crippen molar-refractivity contribution in [2.24, 2.45) is 0 Å². The summed E-state index contributed by atoms with van der Waals surface area (Å²) in [4.78, 5) is 1.21. The van der Waals surface area contributed by atoms with Gasteiger partial charge in [0.25, 0.3) is 0 Å². The molecule has 5 heteroatoms. The van der Waals surface area contributed by atoms with Gasteiger partial charge in [0.15, 0.2) is 0 Å². The molecule has 1 unspecified atom stereocenters. The molecule has 1 heterocycles. The van der Waals surface area contributed by atoms with Gasteiger partial charge in [0, 0.05) is 20.8 Å². The molecular weight excluding hydrogens is 353 g/mol. The Morgan fingerprint density at radius 1 is 1.33 bits per heavy atom. The van der Waals surface area contributed by atoms with Crippen molar-refractivity contribution < 1.29 is 9.13 Å². The van der Waals surface area contributed by atoms with Crippen molar-refractivity contribution in [2.75, 3.05) is 13.7 Å². The molecule has 2 rings (SSSR count). The van der Waals surface area contributed by atoms with E-state index in [-0.39, 0.29) is 11.9 Å². The lowest BCUT2D eigenvalue weighted by Crippen LogP contribution is -2.23. The second-order valence-corrected chi connectivity index (χ2v) is 6.74. The van der Waals surface area contributed by atoms with Crippen LogP contribution in [0, 0.1) is 5.82 Å². The largest absolute Gasteiger partial charge is 0.496 e. The first-order valence-corrected chi connectivity index (χ1v) is 8.60. The number of benzene rings is 1. The molecule has 0 radical (unpaired) electrons. The van der Waals surface area contributed by atoms with Crippen LogP contribution in [0.15, 0.2) is 34.1 Å². The lowest BCUT2D eigenvalue weighted by atomic mass is 10.0. The Hall–Kier alpha value is -0.910. The van der Waals surface area contributed by atoms with Crippen LogP contribution in [0.3, 0.4) is 0 Å². The number of rotatable bonds is 7. The highest BCUT2D eigenvalue weighted by Crippen LogP contribution is 2.29. The molecule has 114 valence electrons. The molecule has 1 aromatic heterocycles. The molecule has 0 bridgehead atoms. The molecule has 0 spiro atoms. The minimum absolute atomic E-state index is 0.174. The molecule has 1 N–H and O–H groups in total. The van der Waals surface area contributed by atoms with Crippen LogP contribution in [0.2, 0.25) is 0 Å². The lowest BCUT2D eigenvalue weighted by Gasteiger charge is -2.17. The quantitative estimate of drug-likeness (QED) is 0.743. The van der Waals surface area contributed by atoms with Gasteiger partial charge in [-0.2, -0.15) is 0 Å². The Morgan fingerprint density at radius 3 is 2.76 bits per heavy atom. The van der Waals surface area contributed by atoms with E-state index in [9.17, 15) is 4.39 Å². The number of nitrogens with one attached hydrogen (secondary N) is 1. The molecular formula is C16H19BrFNOS. The van der Waals surface area contributed by atoms with E-state index in [1.165, 1.54) is 10.9 Å². The predicted octanol–water partition coefficient (Wildman–Crippen LogP) is 4.94. The topological polar surface area (TPSA) is 21.3 Å². The fraction of sp³-hybridized carbons (Fsp3) is 0.375. The first-order chi connectivity index (χ1) is 10.1. The van der Waals surface area contributed by atoms with Crippen molar-refractivity contribution in [3.05, 3.63) is 50.4 Å². The second-order valence-electron chi connectivity index (χ2n) is 4.88. The molecule has 2 nitrogen and oxygen atoms in total. The molecule has 0 aliphatic heterocycles. The van der Waals surface area contributed by atoms with E-state index in [2.05, 4.69) is 28.2 Å². The van der Waals surface area contributed by atoms with E-state index < -0.39 is 0 Å².